The van der Waals surface area contributed by atoms with Crippen LogP contribution in [0.15, 0.2) is 46.9 Å². The highest BCUT2D eigenvalue weighted by Crippen LogP contribution is 2.34. The zero-order valence-corrected chi connectivity index (χ0v) is 16.7. The van der Waals surface area contributed by atoms with E-state index in [2.05, 4.69) is 16.9 Å². The van der Waals surface area contributed by atoms with Crippen LogP contribution >= 0.6 is 23.1 Å². The molecule has 3 heterocycles. The fraction of sp³-hybridized carbons (Fsp3) is 0.211. The maximum Gasteiger partial charge on any atom is 0.263 e. The van der Waals surface area contributed by atoms with E-state index in [0.717, 1.165) is 4.88 Å². The quantitative estimate of drug-likeness (QED) is 0.377. The molecule has 1 amide bonds. The predicted octanol–water partition coefficient (Wildman–Crippen LogP) is 3.41. The third-order valence-electron chi connectivity index (χ3n) is 4.04. The van der Waals surface area contributed by atoms with Gasteiger partial charge in [-0.25, -0.2) is 4.98 Å². The molecular weight excluding hydrogens is 398 g/mol. The Kier molecular flexibility index (Phi) is 5.10. The summed E-state index contributed by atoms with van der Waals surface area (Å²) in [6.45, 7) is 6.16. The van der Waals surface area contributed by atoms with Gasteiger partial charge in [-0.1, -0.05) is 17.8 Å². The number of nitrogens with zero attached hydrogens (tertiary/aromatic N) is 2. The van der Waals surface area contributed by atoms with Gasteiger partial charge in [0.25, 0.3) is 5.56 Å². The monoisotopic (exact) mass is 415 g/mol. The molecule has 0 fully saturated rings. The maximum absolute atomic E-state index is 12.7. The van der Waals surface area contributed by atoms with Gasteiger partial charge < -0.3 is 14.8 Å². The highest BCUT2D eigenvalue weighted by molar-refractivity contribution is 7.99. The van der Waals surface area contributed by atoms with Crippen LogP contribution in [-0.4, -0.2) is 28.0 Å². The summed E-state index contributed by atoms with van der Waals surface area (Å²) in [6.07, 6.45) is 1.64. The van der Waals surface area contributed by atoms with Crippen LogP contribution < -0.4 is 20.3 Å². The van der Waals surface area contributed by atoms with Crippen molar-refractivity contribution in [3.63, 3.8) is 0 Å². The van der Waals surface area contributed by atoms with Gasteiger partial charge in [0.15, 0.2) is 16.7 Å². The molecule has 1 aromatic carbocycles. The maximum atomic E-state index is 12.7. The van der Waals surface area contributed by atoms with Gasteiger partial charge in [0.2, 0.25) is 12.7 Å². The first kappa shape index (κ1) is 18.6. The number of benzene rings is 1. The number of carbonyl (C=O) groups is 1. The second-order valence-electron chi connectivity index (χ2n) is 6.08. The lowest BCUT2D eigenvalue weighted by molar-refractivity contribution is -0.113. The first-order valence-electron chi connectivity index (χ1n) is 8.49. The molecule has 3 aromatic rings. The normalized spacial score (nSPS) is 12.3. The number of anilines is 1. The van der Waals surface area contributed by atoms with Crippen LogP contribution in [0.4, 0.5) is 5.69 Å². The number of ether oxygens (including phenoxy) is 2. The Morgan fingerprint density at radius 2 is 2.21 bits per heavy atom. The highest BCUT2D eigenvalue weighted by Gasteiger charge is 2.16. The summed E-state index contributed by atoms with van der Waals surface area (Å²) < 4.78 is 12.1. The zero-order valence-electron chi connectivity index (χ0n) is 15.1. The Balaban J connectivity index is 1.51. The third kappa shape index (κ3) is 3.63. The third-order valence-corrected chi connectivity index (χ3v) is 5.96. The fourth-order valence-corrected chi connectivity index (χ4v) is 4.55. The topological polar surface area (TPSA) is 82.5 Å². The smallest absolute Gasteiger partial charge is 0.263 e. The van der Waals surface area contributed by atoms with Crippen molar-refractivity contribution in [2.24, 2.45) is 0 Å². The Labute approximate surface area is 169 Å². The number of aryl methyl sites for hydroxylation is 1. The molecule has 144 valence electrons. The second-order valence-corrected chi connectivity index (χ2v) is 8.26. The van der Waals surface area contributed by atoms with E-state index in [1.54, 1.807) is 28.8 Å². The molecule has 1 aliphatic heterocycles. The Morgan fingerprint density at radius 1 is 1.39 bits per heavy atom. The average Bonchev–Trinajstić information content (AvgIpc) is 3.28. The number of hydrogen-bond donors (Lipinski definition) is 1. The van der Waals surface area contributed by atoms with Crippen LogP contribution in [0.1, 0.15) is 4.88 Å². The van der Waals surface area contributed by atoms with E-state index >= 15 is 0 Å². The molecule has 1 N–H and O–H groups in total. The minimum Gasteiger partial charge on any atom is -0.454 e. The summed E-state index contributed by atoms with van der Waals surface area (Å²) >= 11 is 2.69. The first-order chi connectivity index (χ1) is 13.5. The lowest BCUT2D eigenvalue weighted by Crippen LogP contribution is -2.23. The van der Waals surface area contributed by atoms with Crippen molar-refractivity contribution in [3.05, 3.63) is 52.2 Å². The van der Waals surface area contributed by atoms with Gasteiger partial charge in [-0.05, 0) is 25.1 Å². The summed E-state index contributed by atoms with van der Waals surface area (Å²) in [6, 6.07) is 7.07. The number of allylic oxidation sites excluding steroid dienone is 1. The summed E-state index contributed by atoms with van der Waals surface area (Å²) in [7, 11) is 0. The van der Waals surface area contributed by atoms with Crippen LogP contribution in [0, 0.1) is 6.92 Å². The highest BCUT2D eigenvalue weighted by atomic mass is 32.2. The molecule has 0 radical (unpaired) electrons. The van der Waals surface area contributed by atoms with Crippen LogP contribution in [0.2, 0.25) is 0 Å². The number of aromatic nitrogens is 2. The first-order valence-corrected chi connectivity index (χ1v) is 10.3. The number of amides is 1. The molecule has 7 nitrogen and oxygen atoms in total. The minimum absolute atomic E-state index is 0.118. The molecule has 0 spiro atoms. The molecule has 1 aliphatic rings. The van der Waals surface area contributed by atoms with Gasteiger partial charge in [-0.15, -0.1) is 17.9 Å². The average molecular weight is 415 g/mol. The molecule has 0 saturated carbocycles. The van der Waals surface area contributed by atoms with E-state index in [1.165, 1.54) is 23.1 Å². The van der Waals surface area contributed by atoms with Crippen molar-refractivity contribution < 1.29 is 14.3 Å². The number of hydrogen-bond acceptors (Lipinski definition) is 7. The molecular formula is C19H17N3O4S2. The van der Waals surface area contributed by atoms with E-state index in [0.29, 0.717) is 39.1 Å². The van der Waals surface area contributed by atoms with Crippen molar-refractivity contribution in [1.82, 2.24) is 9.55 Å². The largest absolute Gasteiger partial charge is 0.454 e. The second kappa shape index (κ2) is 7.69. The van der Waals surface area contributed by atoms with Crippen molar-refractivity contribution in [3.8, 4) is 11.5 Å². The summed E-state index contributed by atoms with van der Waals surface area (Å²) in [5.74, 6) is 1.18. The fourth-order valence-electron chi connectivity index (χ4n) is 2.82. The van der Waals surface area contributed by atoms with Crippen molar-refractivity contribution in [2.45, 2.75) is 18.6 Å². The lowest BCUT2D eigenvalue weighted by atomic mass is 10.3. The van der Waals surface area contributed by atoms with E-state index < -0.39 is 0 Å². The number of fused-ring (bicyclic) bond motifs is 2. The summed E-state index contributed by atoms with van der Waals surface area (Å²) in [5, 5.41) is 3.92. The van der Waals surface area contributed by atoms with Crippen molar-refractivity contribution in [1.29, 1.82) is 0 Å². The van der Waals surface area contributed by atoms with E-state index in [9.17, 15) is 9.59 Å². The molecule has 9 heteroatoms. The van der Waals surface area contributed by atoms with Crippen molar-refractivity contribution in [2.75, 3.05) is 17.9 Å². The number of nitrogens with one attached hydrogen (secondary N) is 1. The molecule has 0 atom stereocenters. The lowest BCUT2D eigenvalue weighted by Gasteiger charge is -2.10. The molecule has 4 rings (SSSR count). The van der Waals surface area contributed by atoms with Gasteiger partial charge in [0.05, 0.1) is 11.1 Å². The summed E-state index contributed by atoms with van der Waals surface area (Å²) in [5.41, 5.74) is 0.503. The van der Waals surface area contributed by atoms with Crippen LogP contribution in [0.25, 0.3) is 10.2 Å². The van der Waals surface area contributed by atoms with Crippen LogP contribution in [0.5, 0.6) is 11.5 Å². The van der Waals surface area contributed by atoms with Crippen LogP contribution in [-0.2, 0) is 11.3 Å². The SMILES string of the molecule is C=CCn1c(SCC(=O)Nc2ccc3c(c2)OCO3)nc2sc(C)cc2c1=O. The number of thiophene rings is 1. The Bertz CT molecular complexity index is 1140. The molecule has 0 unspecified atom stereocenters. The van der Waals surface area contributed by atoms with Crippen molar-refractivity contribution >= 4 is 44.9 Å². The van der Waals surface area contributed by atoms with Gasteiger partial charge in [-0.3, -0.25) is 14.2 Å². The molecule has 0 aliphatic carbocycles. The molecule has 28 heavy (non-hydrogen) atoms. The van der Waals surface area contributed by atoms with Gasteiger partial charge in [0, 0.05) is 23.2 Å². The van der Waals surface area contributed by atoms with E-state index in [1.807, 2.05) is 13.0 Å². The van der Waals surface area contributed by atoms with E-state index in [-0.39, 0.29) is 24.0 Å². The molecule has 0 saturated heterocycles. The number of rotatable bonds is 6. The number of thioether (sulfide) groups is 1. The molecule has 0 bridgehead atoms. The molecule has 2 aromatic heterocycles. The van der Waals surface area contributed by atoms with Gasteiger partial charge in [-0.2, -0.15) is 0 Å². The predicted molar refractivity (Wildman–Crippen MR) is 111 cm³/mol. The van der Waals surface area contributed by atoms with Gasteiger partial charge in [0.1, 0.15) is 4.83 Å². The Morgan fingerprint density at radius 3 is 3.04 bits per heavy atom. The minimum atomic E-state index is -0.203. The van der Waals surface area contributed by atoms with Crippen LogP contribution in [0.3, 0.4) is 0 Å². The number of carbonyl (C=O) groups excluding carboxylic acids is 1. The zero-order chi connectivity index (χ0) is 19.7. The summed E-state index contributed by atoms with van der Waals surface area (Å²) in [4.78, 5) is 31.4. The standard InChI is InChI=1S/C19H17N3O4S2/c1-3-6-22-18(24)13-7-11(2)28-17(13)21-19(22)27-9-16(23)20-12-4-5-14-15(8-12)26-10-25-14/h3-5,7-8H,1,6,9-10H2,2H3,(H,20,23). The van der Waals surface area contributed by atoms with Gasteiger partial charge >= 0.3 is 0 Å². The van der Waals surface area contributed by atoms with E-state index in [4.69, 9.17) is 9.47 Å². The Hall–Kier alpha value is -2.78.